The Morgan fingerprint density at radius 3 is 2.47 bits per heavy atom. The summed E-state index contributed by atoms with van der Waals surface area (Å²) in [6.07, 6.45) is 3.83. The molecule has 0 spiro atoms. The summed E-state index contributed by atoms with van der Waals surface area (Å²) in [7, 11) is 0. The van der Waals surface area contributed by atoms with Crippen LogP contribution in [0.5, 0.6) is 0 Å². The van der Waals surface area contributed by atoms with E-state index in [-0.39, 0.29) is 0 Å². The van der Waals surface area contributed by atoms with Gasteiger partial charge in [0.05, 0.1) is 0 Å². The van der Waals surface area contributed by atoms with Gasteiger partial charge >= 0.3 is 0 Å². The lowest BCUT2D eigenvalue weighted by atomic mass is 9.96. The van der Waals surface area contributed by atoms with Gasteiger partial charge < -0.3 is 5.32 Å². The predicted molar refractivity (Wildman–Crippen MR) is 65.5 cm³/mol. The number of halogens is 1. The first kappa shape index (κ1) is 11.0. The highest BCUT2D eigenvalue weighted by atomic mass is 35.5. The number of rotatable bonds is 5. The Balaban J connectivity index is 1.99. The summed E-state index contributed by atoms with van der Waals surface area (Å²) >= 11 is 5.89. The number of hydrogen-bond donors (Lipinski definition) is 1. The highest BCUT2D eigenvalue weighted by Crippen LogP contribution is 2.47. The molecule has 0 atom stereocenters. The Labute approximate surface area is 96.8 Å². The summed E-state index contributed by atoms with van der Waals surface area (Å²) in [5.41, 5.74) is 1.86. The molecule has 15 heavy (non-hydrogen) atoms. The van der Waals surface area contributed by atoms with Crippen LogP contribution in [-0.2, 0) is 5.41 Å². The Bertz CT molecular complexity index is 314. The molecule has 1 saturated carbocycles. The van der Waals surface area contributed by atoms with Crippen LogP contribution in [0.15, 0.2) is 24.3 Å². The molecular formula is C13H18ClN. The summed E-state index contributed by atoms with van der Waals surface area (Å²) < 4.78 is 0. The van der Waals surface area contributed by atoms with Gasteiger partial charge in [0.2, 0.25) is 0 Å². The molecule has 1 nitrogen and oxygen atoms in total. The molecule has 82 valence electrons. The maximum Gasteiger partial charge on any atom is 0.0406 e. The number of benzene rings is 1. The van der Waals surface area contributed by atoms with Crippen molar-refractivity contribution in [3.8, 4) is 0 Å². The van der Waals surface area contributed by atoms with Crippen molar-refractivity contribution in [1.82, 2.24) is 5.32 Å². The van der Waals surface area contributed by atoms with Crippen LogP contribution in [0.4, 0.5) is 0 Å². The maximum atomic E-state index is 5.89. The first-order valence-electron chi connectivity index (χ1n) is 5.74. The first-order chi connectivity index (χ1) is 7.27. The molecule has 1 N–H and O–H groups in total. The van der Waals surface area contributed by atoms with Crippen LogP contribution in [0.1, 0.15) is 31.7 Å². The van der Waals surface area contributed by atoms with Crippen molar-refractivity contribution in [3.63, 3.8) is 0 Å². The van der Waals surface area contributed by atoms with Gasteiger partial charge in [-0.3, -0.25) is 0 Å². The Hall–Kier alpha value is -0.530. The average molecular weight is 224 g/mol. The van der Waals surface area contributed by atoms with E-state index in [0.717, 1.165) is 18.1 Å². The molecule has 0 aromatic heterocycles. The molecule has 1 aliphatic rings. The number of nitrogens with one attached hydrogen (secondary N) is 1. The van der Waals surface area contributed by atoms with E-state index in [1.54, 1.807) is 0 Å². The van der Waals surface area contributed by atoms with Crippen molar-refractivity contribution >= 4 is 11.6 Å². The third kappa shape index (κ3) is 2.53. The second kappa shape index (κ2) is 4.54. The molecule has 0 radical (unpaired) electrons. The van der Waals surface area contributed by atoms with Crippen LogP contribution >= 0.6 is 11.6 Å². The number of hydrogen-bond acceptors (Lipinski definition) is 1. The van der Waals surface area contributed by atoms with Gasteiger partial charge in [0.25, 0.3) is 0 Å². The minimum absolute atomic E-state index is 0.416. The van der Waals surface area contributed by atoms with Crippen molar-refractivity contribution < 1.29 is 0 Å². The summed E-state index contributed by atoms with van der Waals surface area (Å²) in [6.45, 7) is 4.44. The van der Waals surface area contributed by atoms with E-state index in [1.165, 1.54) is 24.8 Å². The van der Waals surface area contributed by atoms with Crippen molar-refractivity contribution in [2.75, 3.05) is 13.1 Å². The zero-order valence-electron chi connectivity index (χ0n) is 9.22. The highest BCUT2D eigenvalue weighted by Gasteiger charge is 2.43. The van der Waals surface area contributed by atoms with E-state index in [4.69, 9.17) is 11.6 Å². The van der Waals surface area contributed by atoms with Crippen LogP contribution in [0.25, 0.3) is 0 Å². The zero-order valence-corrected chi connectivity index (χ0v) is 9.98. The molecule has 2 rings (SSSR count). The Morgan fingerprint density at radius 1 is 1.27 bits per heavy atom. The van der Waals surface area contributed by atoms with Gasteiger partial charge in [0, 0.05) is 17.0 Å². The molecule has 0 amide bonds. The van der Waals surface area contributed by atoms with Crippen LogP contribution in [-0.4, -0.2) is 13.1 Å². The Morgan fingerprint density at radius 2 is 1.93 bits per heavy atom. The van der Waals surface area contributed by atoms with E-state index in [0.29, 0.717) is 5.41 Å². The molecule has 0 saturated heterocycles. The van der Waals surface area contributed by atoms with Crippen molar-refractivity contribution in [2.45, 2.75) is 31.6 Å². The summed E-state index contributed by atoms with van der Waals surface area (Å²) in [5.74, 6) is 0. The molecule has 1 aromatic carbocycles. The molecule has 1 aromatic rings. The molecular weight excluding hydrogens is 206 g/mol. The van der Waals surface area contributed by atoms with E-state index in [2.05, 4.69) is 24.4 Å². The molecule has 1 fully saturated rings. The first-order valence-corrected chi connectivity index (χ1v) is 6.11. The van der Waals surface area contributed by atoms with E-state index in [1.807, 2.05) is 12.1 Å². The maximum absolute atomic E-state index is 5.89. The largest absolute Gasteiger partial charge is 0.316 e. The minimum Gasteiger partial charge on any atom is -0.316 e. The average Bonchev–Trinajstić information content (AvgIpc) is 3.00. The standard InChI is InChI=1S/C13H18ClN/c1-2-9-15-10-13(7-8-13)11-3-5-12(14)6-4-11/h3-6,15H,2,7-10H2,1H3. The van der Waals surface area contributed by atoms with Gasteiger partial charge in [-0.15, -0.1) is 0 Å². The fraction of sp³-hybridized carbons (Fsp3) is 0.538. The third-order valence-corrected chi connectivity index (χ3v) is 3.45. The van der Waals surface area contributed by atoms with Gasteiger partial charge in [-0.1, -0.05) is 30.7 Å². The fourth-order valence-electron chi connectivity index (χ4n) is 2.03. The van der Waals surface area contributed by atoms with Crippen LogP contribution in [0.2, 0.25) is 5.02 Å². The molecule has 1 aliphatic carbocycles. The predicted octanol–water partition coefficient (Wildman–Crippen LogP) is 3.37. The highest BCUT2D eigenvalue weighted by molar-refractivity contribution is 6.30. The molecule has 2 heteroatoms. The van der Waals surface area contributed by atoms with Gasteiger partial charge in [-0.25, -0.2) is 0 Å². The van der Waals surface area contributed by atoms with Crippen LogP contribution in [0, 0.1) is 0 Å². The lowest BCUT2D eigenvalue weighted by molar-refractivity contribution is 0.571. The lowest BCUT2D eigenvalue weighted by Gasteiger charge is -2.16. The smallest absolute Gasteiger partial charge is 0.0406 e. The molecule has 0 aliphatic heterocycles. The van der Waals surface area contributed by atoms with Gasteiger partial charge in [0.1, 0.15) is 0 Å². The summed E-state index contributed by atoms with van der Waals surface area (Å²) in [5, 5.41) is 4.35. The minimum atomic E-state index is 0.416. The Kier molecular flexibility index (Phi) is 3.32. The van der Waals surface area contributed by atoms with E-state index < -0.39 is 0 Å². The zero-order chi connectivity index (χ0) is 10.7. The second-order valence-corrected chi connectivity index (χ2v) is 4.90. The molecule has 0 bridgehead atoms. The molecule has 0 unspecified atom stereocenters. The topological polar surface area (TPSA) is 12.0 Å². The van der Waals surface area contributed by atoms with Crippen LogP contribution in [0.3, 0.4) is 0 Å². The fourth-order valence-corrected chi connectivity index (χ4v) is 2.15. The third-order valence-electron chi connectivity index (χ3n) is 3.20. The van der Waals surface area contributed by atoms with E-state index >= 15 is 0 Å². The van der Waals surface area contributed by atoms with Gasteiger partial charge in [-0.2, -0.15) is 0 Å². The monoisotopic (exact) mass is 223 g/mol. The lowest BCUT2D eigenvalue weighted by Crippen LogP contribution is -2.27. The van der Waals surface area contributed by atoms with Crippen molar-refractivity contribution in [3.05, 3.63) is 34.9 Å². The van der Waals surface area contributed by atoms with Gasteiger partial charge in [-0.05, 0) is 43.5 Å². The van der Waals surface area contributed by atoms with E-state index in [9.17, 15) is 0 Å². The van der Waals surface area contributed by atoms with Crippen molar-refractivity contribution in [1.29, 1.82) is 0 Å². The van der Waals surface area contributed by atoms with Gasteiger partial charge in [0.15, 0.2) is 0 Å². The normalized spacial score (nSPS) is 17.7. The van der Waals surface area contributed by atoms with Crippen molar-refractivity contribution in [2.24, 2.45) is 0 Å². The molecule has 0 heterocycles. The van der Waals surface area contributed by atoms with Crippen LogP contribution < -0.4 is 5.32 Å². The quantitative estimate of drug-likeness (QED) is 0.755. The summed E-state index contributed by atoms with van der Waals surface area (Å²) in [4.78, 5) is 0. The second-order valence-electron chi connectivity index (χ2n) is 4.46. The SMILES string of the molecule is CCCNCC1(c2ccc(Cl)cc2)CC1. The summed E-state index contributed by atoms with van der Waals surface area (Å²) in [6, 6.07) is 8.33.